The highest BCUT2D eigenvalue weighted by Crippen LogP contribution is 2.40. The minimum atomic E-state index is -0.0598. The molecular formula is C22H23N3O2. The Morgan fingerprint density at radius 1 is 0.852 bits per heavy atom. The molecule has 5 heteroatoms. The molecule has 0 aromatic heterocycles. The van der Waals surface area contributed by atoms with Crippen molar-refractivity contribution in [2.75, 3.05) is 5.32 Å². The first-order valence-corrected chi connectivity index (χ1v) is 9.60. The third-order valence-electron chi connectivity index (χ3n) is 5.59. The van der Waals surface area contributed by atoms with Crippen LogP contribution in [0.15, 0.2) is 64.8 Å². The number of rotatable bonds is 4. The fraction of sp³-hybridized carbons (Fsp3) is 0.364. The SMILES string of the molecule is O=C(Nc1ccc(N=Nc2ccccc2)cc1)C1CC2CCCC(C1)C2=O. The normalized spacial score (nSPS) is 24.7. The zero-order chi connectivity index (χ0) is 18.6. The molecule has 0 spiro atoms. The molecule has 2 unspecified atom stereocenters. The van der Waals surface area contributed by atoms with E-state index in [1.165, 1.54) is 0 Å². The number of nitrogens with zero attached hydrogens (tertiary/aromatic N) is 2. The lowest BCUT2D eigenvalue weighted by Gasteiger charge is -2.36. The first-order valence-electron chi connectivity index (χ1n) is 9.60. The molecule has 1 N–H and O–H groups in total. The van der Waals surface area contributed by atoms with E-state index in [4.69, 9.17) is 0 Å². The van der Waals surface area contributed by atoms with Gasteiger partial charge in [-0.15, -0.1) is 0 Å². The van der Waals surface area contributed by atoms with Crippen molar-refractivity contribution in [3.63, 3.8) is 0 Å². The summed E-state index contributed by atoms with van der Waals surface area (Å²) in [6.07, 6.45) is 4.41. The molecular weight excluding hydrogens is 338 g/mol. The minimum Gasteiger partial charge on any atom is -0.326 e. The number of hydrogen-bond donors (Lipinski definition) is 1. The summed E-state index contributed by atoms with van der Waals surface area (Å²) in [6, 6.07) is 16.9. The van der Waals surface area contributed by atoms with E-state index in [-0.39, 0.29) is 23.7 Å². The number of amides is 1. The van der Waals surface area contributed by atoms with E-state index in [2.05, 4.69) is 15.5 Å². The van der Waals surface area contributed by atoms with Gasteiger partial charge in [-0.1, -0.05) is 24.6 Å². The van der Waals surface area contributed by atoms with Crippen LogP contribution >= 0.6 is 0 Å². The van der Waals surface area contributed by atoms with Crippen molar-refractivity contribution in [3.8, 4) is 0 Å². The van der Waals surface area contributed by atoms with Gasteiger partial charge in [-0.3, -0.25) is 9.59 Å². The van der Waals surface area contributed by atoms with Crippen molar-refractivity contribution in [1.29, 1.82) is 0 Å². The maximum Gasteiger partial charge on any atom is 0.227 e. The fourth-order valence-electron chi connectivity index (χ4n) is 4.16. The summed E-state index contributed by atoms with van der Waals surface area (Å²) in [7, 11) is 0. The van der Waals surface area contributed by atoms with E-state index >= 15 is 0 Å². The van der Waals surface area contributed by atoms with Crippen molar-refractivity contribution in [3.05, 3.63) is 54.6 Å². The largest absolute Gasteiger partial charge is 0.326 e. The minimum absolute atomic E-state index is 0.0260. The molecule has 0 aliphatic heterocycles. The van der Waals surface area contributed by atoms with Gasteiger partial charge in [0, 0.05) is 23.4 Å². The lowest BCUT2D eigenvalue weighted by atomic mass is 9.67. The number of nitrogens with one attached hydrogen (secondary N) is 1. The highest BCUT2D eigenvalue weighted by Gasteiger charge is 2.41. The molecule has 0 saturated heterocycles. The maximum absolute atomic E-state index is 12.6. The molecule has 2 aliphatic carbocycles. The van der Waals surface area contributed by atoms with Crippen LogP contribution in [0.25, 0.3) is 0 Å². The summed E-state index contributed by atoms with van der Waals surface area (Å²) >= 11 is 0. The van der Waals surface area contributed by atoms with Crippen LogP contribution in [0, 0.1) is 17.8 Å². The number of fused-ring (bicyclic) bond motifs is 2. The maximum atomic E-state index is 12.6. The lowest BCUT2D eigenvalue weighted by molar-refractivity contribution is -0.136. The molecule has 138 valence electrons. The quantitative estimate of drug-likeness (QED) is 0.737. The standard InChI is InChI=1S/C22H23N3O2/c26-21-15-5-4-6-16(21)14-17(13-15)22(27)23-18-9-11-20(12-10-18)25-24-19-7-2-1-3-8-19/h1-3,7-12,15-17H,4-6,13-14H2,(H,23,27). The molecule has 2 saturated carbocycles. The Morgan fingerprint density at radius 3 is 2.07 bits per heavy atom. The molecule has 1 amide bonds. The molecule has 2 fully saturated rings. The van der Waals surface area contributed by atoms with E-state index in [0.29, 0.717) is 18.6 Å². The first-order chi connectivity index (χ1) is 13.2. The summed E-state index contributed by atoms with van der Waals surface area (Å²) in [5.41, 5.74) is 2.28. The van der Waals surface area contributed by atoms with Gasteiger partial charge >= 0.3 is 0 Å². The summed E-state index contributed by atoms with van der Waals surface area (Å²) in [4.78, 5) is 24.8. The number of Topliss-reactive ketones (excluding diaryl/α,β-unsaturated/α-hetero) is 1. The highest BCUT2D eigenvalue weighted by molar-refractivity contribution is 5.95. The Balaban J connectivity index is 1.36. The average molecular weight is 361 g/mol. The second-order valence-electron chi connectivity index (χ2n) is 7.47. The Morgan fingerprint density at radius 2 is 1.44 bits per heavy atom. The smallest absolute Gasteiger partial charge is 0.227 e. The zero-order valence-corrected chi connectivity index (χ0v) is 15.2. The number of hydrogen-bond acceptors (Lipinski definition) is 4. The predicted molar refractivity (Wildman–Crippen MR) is 104 cm³/mol. The fourth-order valence-corrected chi connectivity index (χ4v) is 4.16. The van der Waals surface area contributed by atoms with Crippen LogP contribution in [-0.4, -0.2) is 11.7 Å². The van der Waals surface area contributed by atoms with Gasteiger partial charge in [-0.2, -0.15) is 10.2 Å². The highest BCUT2D eigenvalue weighted by atomic mass is 16.2. The molecule has 5 nitrogen and oxygen atoms in total. The second kappa shape index (κ2) is 7.82. The van der Waals surface area contributed by atoms with Crippen LogP contribution in [0.2, 0.25) is 0 Å². The Labute approximate surface area is 158 Å². The van der Waals surface area contributed by atoms with Gasteiger partial charge in [-0.25, -0.2) is 0 Å². The van der Waals surface area contributed by atoms with Crippen LogP contribution in [0.4, 0.5) is 17.1 Å². The second-order valence-corrected chi connectivity index (χ2v) is 7.47. The van der Waals surface area contributed by atoms with Crippen LogP contribution in [0.3, 0.4) is 0 Å². The van der Waals surface area contributed by atoms with Crippen LogP contribution in [-0.2, 0) is 9.59 Å². The number of anilines is 1. The number of ketones is 1. The Bertz CT molecular complexity index is 830. The first kappa shape index (κ1) is 17.6. The molecule has 4 rings (SSSR count). The van der Waals surface area contributed by atoms with Gasteiger partial charge in [0.25, 0.3) is 0 Å². The Kier molecular flexibility index (Phi) is 5.10. The topological polar surface area (TPSA) is 70.9 Å². The van der Waals surface area contributed by atoms with E-state index < -0.39 is 0 Å². The molecule has 2 aromatic rings. The summed E-state index contributed by atoms with van der Waals surface area (Å²) in [5, 5.41) is 11.4. The number of carbonyl (C=O) groups excluding carboxylic acids is 2. The zero-order valence-electron chi connectivity index (χ0n) is 15.2. The molecule has 0 heterocycles. The number of carbonyl (C=O) groups is 2. The van der Waals surface area contributed by atoms with Gasteiger partial charge in [0.05, 0.1) is 11.4 Å². The van der Waals surface area contributed by atoms with E-state index in [9.17, 15) is 9.59 Å². The van der Waals surface area contributed by atoms with Crippen molar-refractivity contribution < 1.29 is 9.59 Å². The molecule has 2 aliphatic rings. The summed E-state index contributed by atoms with van der Waals surface area (Å²) < 4.78 is 0. The van der Waals surface area contributed by atoms with Crippen molar-refractivity contribution >= 4 is 28.8 Å². The van der Waals surface area contributed by atoms with Gasteiger partial charge in [0.15, 0.2) is 0 Å². The van der Waals surface area contributed by atoms with Gasteiger partial charge in [0.1, 0.15) is 5.78 Å². The van der Waals surface area contributed by atoms with Crippen molar-refractivity contribution in [1.82, 2.24) is 0 Å². The number of benzene rings is 2. The van der Waals surface area contributed by atoms with E-state index in [0.717, 1.165) is 36.3 Å². The molecule has 0 radical (unpaired) electrons. The summed E-state index contributed by atoms with van der Waals surface area (Å²) in [5.74, 6) is 0.537. The third-order valence-corrected chi connectivity index (χ3v) is 5.59. The van der Waals surface area contributed by atoms with E-state index in [1.807, 2.05) is 54.6 Å². The monoisotopic (exact) mass is 361 g/mol. The third kappa shape index (κ3) is 4.13. The van der Waals surface area contributed by atoms with Crippen LogP contribution in [0.1, 0.15) is 32.1 Å². The average Bonchev–Trinajstić information content (AvgIpc) is 2.68. The molecule has 27 heavy (non-hydrogen) atoms. The van der Waals surface area contributed by atoms with Crippen LogP contribution in [0.5, 0.6) is 0 Å². The molecule has 2 bridgehead atoms. The Hall–Kier alpha value is -2.82. The van der Waals surface area contributed by atoms with Crippen molar-refractivity contribution in [2.45, 2.75) is 32.1 Å². The molecule has 2 aromatic carbocycles. The predicted octanol–water partition coefficient (Wildman–Crippen LogP) is 5.44. The van der Waals surface area contributed by atoms with Crippen LogP contribution < -0.4 is 5.32 Å². The van der Waals surface area contributed by atoms with Gasteiger partial charge < -0.3 is 5.32 Å². The van der Waals surface area contributed by atoms with Gasteiger partial charge in [0.2, 0.25) is 5.91 Å². The lowest BCUT2D eigenvalue weighted by Crippen LogP contribution is -2.40. The van der Waals surface area contributed by atoms with Crippen molar-refractivity contribution in [2.24, 2.45) is 28.0 Å². The van der Waals surface area contributed by atoms with Gasteiger partial charge in [-0.05, 0) is 62.1 Å². The molecule has 2 atom stereocenters. The summed E-state index contributed by atoms with van der Waals surface area (Å²) in [6.45, 7) is 0. The van der Waals surface area contributed by atoms with E-state index in [1.54, 1.807) is 0 Å². The number of azo groups is 1.